The molecule has 2 rings (SSSR count). The smallest absolute Gasteiger partial charge is 0.110 e. The minimum Gasteiger partial charge on any atom is -0.346 e. The van der Waals surface area contributed by atoms with E-state index in [-0.39, 0.29) is 0 Å². The third-order valence-electron chi connectivity index (χ3n) is 2.29. The highest BCUT2D eigenvalue weighted by Gasteiger charge is 2.01. The molecule has 0 spiro atoms. The quantitative estimate of drug-likeness (QED) is 0.815. The first-order valence-corrected chi connectivity index (χ1v) is 5.57. The fraction of sp³-hybridized carbons (Fsp3) is 0. The molecule has 0 saturated heterocycles. The summed E-state index contributed by atoms with van der Waals surface area (Å²) < 4.78 is 0. The van der Waals surface area contributed by atoms with Crippen LogP contribution in [-0.4, -0.2) is 4.99 Å². The first-order chi connectivity index (χ1) is 8.29. The lowest BCUT2D eigenvalue weighted by molar-refractivity contribution is 1.48. The number of nitriles is 1. The van der Waals surface area contributed by atoms with Crippen LogP contribution in [-0.2, 0) is 0 Å². The summed E-state index contributed by atoms with van der Waals surface area (Å²) >= 11 is 5.29. The molecule has 0 aliphatic carbocycles. The Labute approximate surface area is 106 Å². The van der Waals surface area contributed by atoms with Gasteiger partial charge in [0.05, 0.1) is 11.6 Å². The zero-order chi connectivity index (χ0) is 12.1. The van der Waals surface area contributed by atoms with E-state index in [0.717, 1.165) is 11.3 Å². The molecule has 0 aliphatic rings. The minimum atomic E-state index is 0.617. The number of nitrogens with one attached hydrogen (secondary N) is 1. The summed E-state index contributed by atoms with van der Waals surface area (Å²) in [5.74, 6) is 0. The van der Waals surface area contributed by atoms with Crippen LogP contribution in [0.1, 0.15) is 11.1 Å². The molecule has 0 aromatic heterocycles. The van der Waals surface area contributed by atoms with E-state index in [2.05, 4.69) is 11.4 Å². The van der Waals surface area contributed by atoms with Gasteiger partial charge in [0, 0.05) is 11.3 Å². The van der Waals surface area contributed by atoms with Gasteiger partial charge in [0.1, 0.15) is 4.99 Å². The van der Waals surface area contributed by atoms with Crippen molar-refractivity contribution in [3.05, 3.63) is 65.7 Å². The second kappa shape index (κ2) is 5.24. The third kappa shape index (κ3) is 2.90. The largest absolute Gasteiger partial charge is 0.346 e. The molecule has 0 saturated carbocycles. The summed E-state index contributed by atoms with van der Waals surface area (Å²) in [7, 11) is 0. The summed E-state index contributed by atoms with van der Waals surface area (Å²) in [6.07, 6.45) is 0. The number of hydrogen-bond donors (Lipinski definition) is 1. The Bertz CT molecular complexity index is 570. The highest BCUT2D eigenvalue weighted by atomic mass is 32.1. The summed E-state index contributed by atoms with van der Waals surface area (Å²) in [4.78, 5) is 0.653. The minimum absolute atomic E-state index is 0.617. The highest BCUT2D eigenvalue weighted by molar-refractivity contribution is 7.81. The maximum atomic E-state index is 8.80. The van der Waals surface area contributed by atoms with E-state index in [1.54, 1.807) is 12.1 Å². The fourth-order valence-electron chi connectivity index (χ4n) is 1.46. The molecule has 0 aliphatic heterocycles. The van der Waals surface area contributed by atoms with E-state index in [1.165, 1.54) is 0 Å². The van der Waals surface area contributed by atoms with E-state index in [9.17, 15) is 0 Å². The molecule has 2 nitrogen and oxygen atoms in total. The molecular weight excluding hydrogens is 228 g/mol. The zero-order valence-electron chi connectivity index (χ0n) is 9.05. The monoisotopic (exact) mass is 238 g/mol. The van der Waals surface area contributed by atoms with E-state index in [0.29, 0.717) is 10.6 Å². The second-order valence-electron chi connectivity index (χ2n) is 3.51. The molecular formula is C14H10N2S. The average molecular weight is 238 g/mol. The van der Waals surface area contributed by atoms with Gasteiger partial charge in [-0.25, -0.2) is 0 Å². The average Bonchev–Trinajstić information content (AvgIpc) is 2.40. The van der Waals surface area contributed by atoms with Crippen LogP contribution in [0.2, 0.25) is 0 Å². The van der Waals surface area contributed by atoms with Crippen LogP contribution in [0, 0.1) is 11.3 Å². The number of hydrogen-bond acceptors (Lipinski definition) is 2. The molecule has 2 aromatic carbocycles. The predicted molar refractivity (Wildman–Crippen MR) is 72.9 cm³/mol. The van der Waals surface area contributed by atoms with Gasteiger partial charge in [0.15, 0.2) is 0 Å². The van der Waals surface area contributed by atoms with Crippen molar-refractivity contribution in [2.24, 2.45) is 0 Å². The van der Waals surface area contributed by atoms with Crippen LogP contribution in [0.25, 0.3) is 0 Å². The van der Waals surface area contributed by atoms with Crippen molar-refractivity contribution in [2.45, 2.75) is 0 Å². The molecule has 0 fully saturated rings. The van der Waals surface area contributed by atoms with Gasteiger partial charge in [-0.3, -0.25) is 0 Å². The van der Waals surface area contributed by atoms with E-state index < -0.39 is 0 Å². The number of nitrogens with zero attached hydrogens (tertiary/aromatic N) is 1. The fourth-order valence-corrected chi connectivity index (χ4v) is 1.71. The topological polar surface area (TPSA) is 35.8 Å². The Balaban J connectivity index is 2.17. The Hall–Kier alpha value is -2.18. The Morgan fingerprint density at radius 3 is 2.53 bits per heavy atom. The molecule has 0 radical (unpaired) electrons. The van der Waals surface area contributed by atoms with Crippen molar-refractivity contribution in [1.29, 1.82) is 5.26 Å². The van der Waals surface area contributed by atoms with Crippen molar-refractivity contribution < 1.29 is 0 Å². The SMILES string of the molecule is N#Cc1cccc(NC(=S)c2ccccc2)c1. The van der Waals surface area contributed by atoms with Gasteiger partial charge in [-0.2, -0.15) is 5.26 Å². The number of thiocarbonyl (C=S) groups is 1. The van der Waals surface area contributed by atoms with Gasteiger partial charge in [-0.15, -0.1) is 0 Å². The van der Waals surface area contributed by atoms with Gasteiger partial charge in [0.25, 0.3) is 0 Å². The summed E-state index contributed by atoms with van der Waals surface area (Å²) in [6, 6.07) is 19.1. The molecule has 17 heavy (non-hydrogen) atoms. The standard InChI is InChI=1S/C14H10N2S/c15-10-11-5-4-8-13(9-11)16-14(17)12-6-2-1-3-7-12/h1-9H,(H,16,17). The van der Waals surface area contributed by atoms with Crippen molar-refractivity contribution >= 4 is 22.9 Å². The molecule has 1 N–H and O–H groups in total. The molecule has 0 atom stereocenters. The normalized spacial score (nSPS) is 9.35. The van der Waals surface area contributed by atoms with Gasteiger partial charge in [0.2, 0.25) is 0 Å². The lowest BCUT2D eigenvalue weighted by atomic mass is 10.2. The van der Waals surface area contributed by atoms with Crippen LogP contribution in [0.5, 0.6) is 0 Å². The molecule has 0 unspecified atom stereocenters. The van der Waals surface area contributed by atoms with Crippen LogP contribution >= 0.6 is 12.2 Å². The first-order valence-electron chi connectivity index (χ1n) is 5.16. The number of benzene rings is 2. The van der Waals surface area contributed by atoms with E-state index >= 15 is 0 Å². The molecule has 0 heterocycles. The van der Waals surface area contributed by atoms with Gasteiger partial charge < -0.3 is 5.32 Å². The van der Waals surface area contributed by atoms with Crippen molar-refractivity contribution in [2.75, 3.05) is 5.32 Å². The van der Waals surface area contributed by atoms with E-state index in [4.69, 9.17) is 17.5 Å². The van der Waals surface area contributed by atoms with Crippen LogP contribution in [0.4, 0.5) is 5.69 Å². The molecule has 0 bridgehead atoms. The third-order valence-corrected chi connectivity index (χ3v) is 2.62. The predicted octanol–water partition coefficient (Wildman–Crippen LogP) is 3.35. The van der Waals surface area contributed by atoms with Gasteiger partial charge in [-0.1, -0.05) is 48.6 Å². The van der Waals surface area contributed by atoms with Crippen LogP contribution in [0.3, 0.4) is 0 Å². The van der Waals surface area contributed by atoms with Crippen LogP contribution in [0.15, 0.2) is 54.6 Å². The lowest BCUT2D eigenvalue weighted by Crippen LogP contribution is -2.10. The van der Waals surface area contributed by atoms with Gasteiger partial charge >= 0.3 is 0 Å². The van der Waals surface area contributed by atoms with Crippen molar-refractivity contribution in [1.82, 2.24) is 0 Å². The Morgan fingerprint density at radius 2 is 1.82 bits per heavy atom. The van der Waals surface area contributed by atoms with Crippen LogP contribution < -0.4 is 5.32 Å². The van der Waals surface area contributed by atoms with Crippen molar-refractivity contribution in [3.8, 4) is 6.07 Å². The summed E-state index contributed by atoms with van der Waals surface area (Å²) in [6.45, 7) is 0. The van der Waals surface area contributed by atoms with E-state index in [1.807, 2.05) is 42.5 Å². The number of anilines is 1. The lowest BCUT2D eigenvalue weighted by Gasteiger charge is -2.07. The summed E-state index contributed by atoms with van der Waals surface area (Å²) in [5.41, 5.74) is 2.41. The molecule has 2 aromatic rings. The summed E-state index contributed by atoms with van der Waals surface area (Å²) in [5, 5.41) is 11.9. The maximum Gasteiger partial charge on any atom is 0.110 e. The molecule has 0 amide bonds. The first kappa shape index (κ1) is 11.3. The molecule has 3 heteroatoms. The highest BCUT2D eigenvalue weighted by Crippen LogP contribution is 2.12. The van der Waals surface area contributed by atoms with Crippen molar-refractivity contribution in [3.63, 3.8) is 0 Å². The second-order valence-corrected chi connectivity index (χ2v) is 3.92. The Morgan fingerprint density at radius 1 is 1.06 bits per heavy atom. The Kier molecular flexibility index (Phi) is 3.49. The zero-order valence-corrected chi connectivity index (χ0v) is 9.87. The maximum absolute atomic E-state index is 8.80. The number of rotatable bonds is 2. The van der Waals surface area contributed by atoms with Gasteiger partial charge in [-0.05, 0) is 18.2 Å². The molecule has 82 valence electrons.